The second-order valence-electron chi connectivity index (χ2n) is 3.00. The third-order valence-corrected chi connectivity index (χ3v) is 1.94. The van der Waals surface area contributed by atoms with Gasteiger partial charge in [-0.25, -0.2) is 9.87 Å². The van der Waals surface area contributed by atoms with Gasteiger partial charge in [-0.1, -0.05) is 30.3 Å². The summed E-state index contributed by atoms with van der Waals surface area (Å²) in [6, 6.07) is 8.21. The summed E-state index contributed by atoms with van der Waals surface area (Å²) in [7, 11) is 1.26. The molecular formula is C10H12FNO2. The molecule has 0 aliphatic rings. The van der Waals surface area contributed by atoms with Crippen LogP contribution in [0.25, 0.3) is 0 Å². The molecular weight excluding hydrogens is 185 g/mol. The average molecular weight is 197 g/mol. The lowest BCUT2D eigenvalue weighted by Gasteiger charge is -2.18. The Hall–Kier alpha value is -1.42. The topological polar surface area (TPSA) is 38.3 Å². The van der Waals surface area contributed by atoms with Crippen molar-refractivity contribution in [2.24, 2.45) is 0 Å². The molecule has 0 aliphatic heterocycles. The van der Waals surface area contributed by atoms with Crippen LogP contribution in [0.5, 0.6) is 0 Å². The van der Waals surface area contributed by atoms with E-state index in [1.807, 2.05) is 5.48 Å². The van der Waals surface area contributed by atoms with Crippen molar-refractivity contribution in [3.05, 3.63) is 35.9 Å². The zero-order chi connectivity index (χ0) is 10.6. The number of nitrogens with one attached hydrogen (secondary N) is 1. The maximum atomic E-state index is 13.9. The number of halogens is 1. The molecule has 0 saturated carbocycles. The van der Waals surface area contributed by atoms with E-state index in [0.717, 1.165) is 0 Å². The first-order valence-corrected chi connectivity index (χ1v) is 4.17. The molecule has 3 nitrogen and oxygen atoms in total. The Kier molecular flexibility index (Phi) is 3.19. The predicted molar refractivity (Wildman–Crippen MR) is 50.1 cm³/mol. The lowest BCUT2D eigenvalue weighted by atomic mass is 9.97. The molecule has 0 aromatic heterocycles. The van der Waals surface area contributed by atoms with Crippen molar-refractivity contribution in [3.8, 4) is 0 Å². The van der Waals surface area contributed by atoms with Gasteiger partial charge in [-0.05, 0) is 12.5 Å². The molecule has 0 fully saturated rings. The molecule has 0 saturated heterocycles. The molecule has 0 bridgehead atoms. The summed E-state index contributed by atoms with van der Waals surface area (Å²) >= 11 is 0. The fraction of sp³-hybridized carbons (Fsp3) is 0.300. The first kappa shape index (κ1) is 10.7. The highest BCUT2D eigenvalue weighted by Crippen LogP contribution is 2.25. The minimum absolute atomic E-state index is 0.301. The molecule has 0 spiro atoms. The van der Waals surface area contributed by atoms with E-state index in [9.17, 15) is 9.18 Å². The second kappa shape index (κ2) is 4.19. The van der Waals surface area contributed by atoms with Crippen LogP contribution < -0.4 is 5.48 Å². The van der Waals surface area contributed by atoms with Gasteiger partial charge in [0.15, 0.2) is 0 Å². The van der Waals surface area contributed by atoms with Gasteiger partial charge in [-0.2, -0.15) is 0 Å². The summed E-state index contributed by atoms with van der Waals surface area (Å²) in [6.45, 7) is 1.19. The van der Waals surface area contributed by atoms with Crippen LogP contribution in [0.1, 0.15) is 12.5 Å². The fourth-order valence-corrected chi connectivity index (χ4v) is 1.07. The summed E-state index contributed by atoms with van der Waals surface area (Å²) in [5.41, 5.74) is 0.199. The fourth-order valence-electron chi connectivity index (χ4n) is 1.07. The number of amides is 1. The Morgan fingerprint density at radius 1 is 1.43 bits per heavy atom. The number of hydrogen-bond donors (Lipinski definition) is 1. The molecule has 1 unspecified atom stereocenters. The van der Waals surface area contributed by atoms with Crippen molar-refractivity contribution >= 4 is 5.91 Å². The number of hydroxylamine groups is 1. The number of alkyl halides is 1. The van der Waals surface area contributed by atoms with Gasteiger partial charge >= 0.3 is 0 Å². The zero-order valence-electron chi connectivity index (χ0n) is 8.08. The Bertz CT molecular complexity index is 311. The van der Waals surface area contributed by atoms with Crippen molar-refractivity contribution < 1.29 is 14.0 Å². The number of carbonyl (C=O) groups excluding carboxylic acids is 1. The molecule has 0 radical (unpaired) electrons. The SMILES string of the molecule is CONC(=O)C(C)(F)c1ccccc1. The Labute approximate surface area is 81.8 Å². The standard InChI is InChI=1S/C10H12FNO2/c1-10(11,9(13)12-14-2)8-6-4-3-5-7-8/h3-7H,1-2H3,(H,12,13). The van der Waals surface area contributed by atoms with Crippen molar-refractivity contribution in [1.82, 2.24) is 5.48 Å². The molecule has 0 aliphatic carbocycles. The maximum absolute atomic E-state index is 13.9. The Morgan fingerprint density at radius 3 is 2.50 bits per heavy atom. The molecule has 4 heteroatoms. The second-order valence-corrected chi connectivity index (χ2v) is 3.00. The quantitative estimate of drug-likeness (QED) is 0.746. The number of hydrogen-bond acceptors (Lipinski definition) is 2. The van der Waals surface area contributed by atoms with Gasteiger partial charge in [0, 0.05) is 0 Å². The van der Waals surface area contributed by atoms with Crippen molar-refractivity contribution in [2.75, 3.05) is 7.11 Å². The number of benzene rings is 1. The lowest BCUT2D eigenvalue weighted by Crippen LogP contribution is -2.38. The zero-order valence-corrected chi connectivity index (χ0v) is 8.08. The largest absolute Gasteiger partial charge is 0.285 e. The first-order valence-electron chi connectivity index (χ1n) is 4.17. The third kappa shape index (κ3) is 2.09. The molecule has 1 atom stereocenters. The molecule has 1 rings (SSSR count). The van der Waals surface area contributed by atoms with Crippen LogP contribution in [0, 0.1) is 0 Å². The lowest BCUT2D eigenvalue weighted by molar-refractivity contribution is -0.143. The minimum Gasteiger partial charge on any atom is -0.277 e. The van der Waals surface area contributed by atoms with Crippen LogP contribution >= 0.6 is 0 Å². The van der Waals surface area contributed by atoms with Crippen LogP contribution in [-0.4, -0.2) is 13.0 Å². The summed E-state index contributed by atoms with van der Waals surface area (Å²) in [5.74, 6) is -0.814. The molecule has 14 heavy (non-hydrogen) atoms. The van der Waals surface area contributed by atoms with E-state index in [1.165, 1.54) is 14.0 Å². The van der Waals surface area contributed by atoms with Gasteiger partial charge in [0.05, 0.1) is 7.11 Å². The minimum atomic E-state index is -2.07. The molecule has 76 valence electrons. The van der Waals surface area contributed by atoms with Crippen LogP contribution in [0.3, 0.4) is 0 Å². The predicted octanol–water partition coefficient (Wildman–Crippen LogP) is 1.55. The van der Waals surface area contributed by atoms with E-state index >= 15 is 0 Å². The van der Waals surface area contributed by atoms with Gasteiger partial charge in [0.1, 0.15) is 0 Å². The summed E-state index contributed by atoms with van der Waals surface area (Å²) in [4.78, 5) is 15.6. The van der Waals surface area contributed by atoms with Gasteiger partial charge < -0.3 is 0 Å². The first-order chi connectivity index (χ1) is 6.59. The smallest absolute Gasteiger partial charge is 0.277 e. The molecule has 0 heterocycles. The van der Waals surface area contributed by atoms with Crippen molar-refractivity contribution in [3.63, 3.8) is 0 Å². The molecule has 1 N–H and O–H groups in total. The van der Waals surface area contributed by atoms with Gasteiger partial charge in [-0.3, -0.25) is 9.63 Å². The maximum Gasteiger partial charge on any atom is 0.285 e. The van der Waals surface area contributed by atoms with Crippen LogP contribution in [-0.2, 0) is 15.3 Å². The highest BCUT2D eigenvalue weighted by Gasteiger charge is 2.34. The van der Waals surface area contributed by atoms with Crippen LogP contribution in [0.2, 0.25) is 0 Å². The van der Waals surface area contributed by atoms with Gasteiger partial charge in [0.25, 0.3) is 5.91 Å². The van der Waals surface area contributed by atoms with E-state index < -0.39 is 11.6 Å². The van der Waals surface area contributed by atoms with E-state index in [0.29, 0.717) is 5.56 Å². The summed E-state index contributed by atoms with van der Waals surface area (Å²) in [6.07, 6.45) is 0. The third-order valence-electron chi connectivity index (χ3n) is 1.94. The van der Waals surface area contributed by atoms with Gasteiger partial charge in [-0.15, -0.1) is 0 Å². The van der Waals surface area contributed by atoms with Crippen molar-refractivity contribution in [1.29, 1.82) is 0 Å². The number of rotatable bonds is 3. The average Bonchev–Trinajstić information content (AvgIpc) is 2.19. The monoisotopic (exact) mass is 197 g/mol. The van der Waals surface area contributed by atoms with E-state index in [4.69, 9.17) is 0 Å². The van der Waals surface area contributed by atoms with Crippen molar-refractivity contribution in [2.45, 2.75) is 12.6 Å². The summed E-state index contributed by atoms with van der Waals surface area (Å²) in [5, 5.41) is 0. The molecule has 1 aromatic rings. The summed E-state index contributed by atoms with van der Waals surface area (Å²) < 4.78 is 13.9. The van der Waals surface area contributed by atoms with Gasteiger partial charge in [0.2, 0.25) is 5.67 Å². The highest BCUT2D eigenvalue weighted by molar-refractivity contribution is 5.85. The van der Waals surface area contributed by atoms with Crippen LogP contribution in [0.4, 0.5) is 4.39 Å². The Morgan fingerprint density at radius 2 is 2.00 bits per heavy atom. The Balaban J connectivity index is 2.90. The normalized spacial score (nSPS) is 14.5. The molecule has 1 aromatic carbocycles. The number of carbonyl (C=O) groups is 1. The van der Waals surface area contributed by atoms with E-state index in [-0.39, 0.29) is 0 Å². The van der Waals surface area contributed by atoms with E-state index in [1.54, 1.807) is 30.3 Å². The highest BCUT2D eigenvalue weighted by atomic mass is 19.1. The van der Waals surface area contributed by atoms with Crippen LogP contribution in [0.15, 0.2) is 30.3 Å². The van der Waals surface area contributed by atoms with E-state index in [2.05, 4.69) is 4.84 Å². The molecule has 1 amide bonds.